The second kappa shape index (κ2) is 7.75. The van der Waals surface area contributed by atoms with E-state index in [1.54, 1.807) is 11.8 Å². The largest absolute Gasteiger partial charge is 0.481 e. The molecule has 0 aliphatic carbocycles. The number of carbonyl (C=O) groups is 2. The summed E-state index contributed by atoms with van der Waals surface area (Å²) in [5.74, 6) is -0.565. The van der Waals surface area contributed by atoms with Gasteiger partial charge in [0.25, 0.3) is 5.91 Å². The lowest BCUT2D eigenvalue weighted by molar-refractivity contribution is -0.146. The molecule has 1 amide bonds. The number of carbonyl (C=O) groups excluding carboxylic acids is 1. The molecule has 2 aliphatic heterocycles. The van der Waals surface area contributed by atoms with Crippen LogP contribution in [0, 0.1) is 5.92 Å². The van der Waals surface area contributed by atoms with E-state index in [2.05, 4.69) is 0 Å². The van der Waals surface area contributed by atoms with E-state index >= 15 is 0 Å². The van der Waals surface area contributed by atoms with Crippen LogP contribution in [0.25, 0.3) is 0 Å². The van der Waals surface area contributed by atoms with Gasteiger partial charge in [0, 0.05) is 26.1 Å². The Bertz CT molecular complexity index is 359. The molecular weight excluding hydrogens is 274 g/mol. The highest BCUT2D eigenvalue weighted by molar-refractivity contribution is 5.80. The minimum absolute atomic E-state index is 0.00164. The lowest BCUT2D eigenvalue weighted by Gasteiger charge is -2.33. The molecule has 2 rings (SSSR count). The fraction of sp³-hybridized carbons (Fsp3) is 0.867. The Morgan fingerprint density at radius 2 is 2.05 bits per heavy atom. The van der Waals surface area contributed by atoms with E-state index in [0.29, 0.717) is 19.7 Å². The van der Waals surface area contributed by atoms with E-state index in [1.807, 2.05) is 0 Å². The molecule has 0 aromatic heterocycles. The minimum Gasteiger partial charge on any atom is -0.481 e. The minimum atomic E-state index is -0.756. The predicted molar refractivity (Wildman–Crippen MR) is 75.9 cm³/mol. The predicted octanol–water partition coefficient (Wildman–Crippen LogP) is 1.28. The first-order valence-corrected chi connectivity index (χ1v) is 7.80. The maximum atomic E-state index is 12.3. The number of carboxylic acid groups (broad SMARTS) is 1. The SMILES string of the molecule is C[C@@H](OC[C@@H]1CCCO1)C(=O)N1CCC(CC(=O)O)CC1. The smallest absolute Gasteiger partial charge is 0.303 e. The molecule has 0 spiro atoms. The topological polar surface area (TPSA) is 76.1 Å². The molecule has 0 aromatic carbocycles. The van der Waals surface area contributed by atoms with Gasteiger partial charge in [0.1, 0.15) is 6.10 Å². The summed E-state index contributed by atoms with van der Waals surface area (Å²) in [6.07, 6.45) is 3.46. The van der Waals surface area contributed by atoms with Crippen LogP contribution >= 0.6 is 0 Å². The van der Waals surface area contributed by atoms with E-state index in [9.17, 15) is 9.59 Å². The van der Waals surface area contributed by atoms with Gasteiger partial charge in [0.15, 0.2) is 0 Å². The Labute approximate surface area is 125 Å². The number of hydrogen-bond acceptors (Lipinski definition) is 4. The van der Waals surface area contributed by atoms with Gasteiger partial charge in [-0.2, -0.15) is 0 Å². The number of nitrogens with zero attached hydrogens (tertiary/aromatic N) is 1. The van der Waals surface area contributed by atoms with Crippen molar-refractivity contribution in [1.29, 1.82) is 0 Å². The van der Waals surface area contributed by atoms with Crippen molar-refractivity contribution in [2.24, 2.45) is 5.92 Å². The molecule has 2 fully saturated rings. The van der Waals surface area contributed by atoms with Crippen molar-refractivity contribution in [3.8, 4) is 0 Å². The van der Waals surface area contributed by atoms with Crippen LogP contribution in [0.1, 0.15) is 39.0 Å². The van der Waals surface area contributed by atoms with Gasteiger partial charge >= 0.3 is 5.97 Å². The highest BCUT2D eigenvalue weighted by atomic mass is 16.5. The van der Waals surface area contributed by atoms with Crippen molar-refractivity contribution in [3.05, 3.63) is 0 Å². The standard InChI is InChI=1S/C15H25NO5/c1-11(21-10-13-3-2-8-20-13)15(19)16-6-4-12(5-7-16)9-14(17)18/h11-13H,2-10H2,1H3,(H,17,18)/t11-,13+/m1/s1. The Kier molecular flexibility index (Phi) is 5.99. The first-order valence-electron chi connectivity index (χ1n) is 7.80. The molecule has 2 saturated heterocycles. The number of ether oxygens (including phenoxy) is 2. The van der Waals surface area contributed by atoms with E-state index in [-0.39, 0.29) is 24.3 Å². The van der Waals surface area contributed by atoms with Crippen molar-refractivity contribution >= 4 is 11.9 Å². The second-order valence-electron chi connectivity index (χ2n) is 5.98. The summed E-state index contributed by atoms with van der Waals surface area (Å²) in [6.45, 7) is 4.30. The van der Waals surface area contributed by atoms with Gasteiger partial charge in [-0.25, -0.2) is 0 Å². The van der Waals surface area contributed by atoms with Crippen molar-refractivity contribution < 1.29 is 24.2 Å². The molecule has 0 bridgehead atoms. The van der Waals surface area contributed by atoms with Gasteiger partial charge in [-0.05, 0) is 38.5 Å². The van der Waals surface area contributed by atoms with Crippen LogP contribution in [0.5, 0.6) is 0 Å². The van der Waals surface area contributed by atoms with E-state index in [0.717, 1.165) is 32.3 Å². The van der Waals surface area contributed by atoms with E-state index in [4.69, 9.17) is 14.6 Å². The number of likely N-dealkylation sites (tertiary alicyclic amines) is 1. The van der Waals surface area contributed by atoms with Gasteiger partial charge in [-0.1, -0.05) is 0 Å². The Morgan fingerprint density at radius 3 is 2.62 bits per heavy atom. The molecule has 0 aromatic rings. The molecule has 2 atom stereocenters. The number of hydrogen-bond donors (Lipinski definition) is 1. The van der Waals surface area contributed by atoms with Crippen LogP contribution in [0.15, 0.2) is 0 Å². The summed E-state index contributed by atoms with van der Waals surface area (Å²) in [6, 6.07) is 0. The fourth-order valence-electron chi connectivity index (χ4n) is 2.96. The molecule has 0 radical (unpaired) electrons. The normalized spacial score (nSPS) is 25.0. The molecule has 0 saturated carbocycles. The Balaban J connectivity index is 1.69. The van der Waals surface area contributed by atoms with Gasteiger partial charge in [-0.15, -0.1) is 0 Å². The average Bonchev–Trinajstić information content (AvgIpc) is 2.97. The summed E-state index contributed by atoms with van der Waals surface area (Å²) in [5, 5.41) is 8.79. The lowest BCUT2D eigenvalue weighted by atomic mass is 9.93. The van der Waals surface area contributed by atoms with Gasteiger partial charge in [0.2, 0.25) is 0 Å². The van der Waals surface area contributed by atoms with E-state index in [1.165, 1.54) is 0 Å². The Hall–Kier alpha value is -1.14. The first kappa shape index (κ1) is 16.2. The third-order valence-corrected chi connectivity index (χ3v) is 4.29. The van der Waals surface area contributed by atoms with Crippen molar-refractivity contribution in [3.63, 3.8) is 0 Å². The molecule has 0 unspecified atom stereocenters. The molecule has 120 valence electrons. The van der Waals surface area contributed by atoms with Crippen LogP contribution in [0.3, 0.4) is 0 Å². The number of carboxylic acids is 1. The molecule has 6 nitrogen and oxygen atoms in total. The molecule has 6 heteroatoms. The van der Waals surface area contributed by atoms with Crippen LogP contribution < -0.4 is 0 Å². The van der Waals surface area contributed by atoms with E-state index < -0.39 is 12.1 Å². The molecule has 21 heavy (non-hydrogen) atoms. The average molecular weight is 299 g/mol. The molecule has 2 heterocycles. The zero-order valence-electron chi connectivity index (χ0n) is 12.6. The second-order valence-corrected chi connectivity index (χ2v) is 5.98. The van der Waals surface area contributed by atoms with Crippen LogP contribution in [-0.4, -0.2) is 60.4 Å². The third-order valence-electron chi connectivity index (χ3n) is 4.29. The number of aliphatic carboxylic acids is 1. The van der Waals surface area contributed by atoms with Crippen molar-refractivity contribution in [2.45, 2.75) is 51.2 Å². The molecule has 1 N–H and O–H groups in total. The summed E-state index contributed by atoms with van der Waals surface area (Å²) in [4.78, 5) is 24.8. The maximum absolute atomic E-state index is 12.3. The lowest BCUT2D eigenvalue weighted by Crippen LogP contribution is -2.44. The number of rotatable bonds is 6. The van der Waals surface area contributed by atoms with Crippen LogP contribution in [-0.2, 0) is 19.1 Å². The van der Waals surface area contributed by atoms with Crippen molar-refractivity contribution in [2.75, 3.05) is 26.3 Å². The van der Waals surface area contributed by atoms with Gasteiger partial charge < -0.3 is 19.5 Å². The van der Waals surface area contributed by atoms with Crippen LogP contribution in [0.4, 0.5) is 0 Å². The summed E-state index contributed by atoms with van der Waals surface area (Å²) in [5.41, 5.74) is 0. The monoisotopic (exact) mass is 299 g/mol. The zero-order valence-corrected chi connectivity index (χ0v) is 12.6. The zero-order chi connectivity index (χ0) is 15.2. The maximum Gasteiger partial charge on any atom is 0.303 e. The van der Waals surface area contributed by atoms with Crippen LogP contribution in [0.2, 0.25) is 0 Å². The highest BCUT2D eigenvalue weighted by Crippen LogP contribution is 2.21. The summed E-state index contributed by atoms with van der Waals surface area (Å²) < 4.78 is 11.1. The van der Waals surface area contributed by atoms with Gasteiger partial charge in [0.05, 0.1) is 12.7 Å². The first-order chi connectivity index (χ1) is 10.1. The quantitative estimate of drug-likeness (QED) is 0.799. The third kappa shape index (κ3) is 4.97. The van der Waals surface area contributed by atoms with Crippen molar-refractivity contribution in [1.82, 2.24) is 4.90 Å². The van der Waals surface area contributed by atoms with Gasteiger partial charge in [-0.3, -0.25) is 9.59 Å². The number of piperidine rings is 1. The summed E-state index contributed by atoms with van der Waals surface area (Å²) >= 11 is 0. The Morgan fingerprint density at radius 1 is 1.33 bits per heavy atom. The fourth-order valence-corrected chi connectivity index (χ4v) is 2.96. The summed E-state index contributed by atoms with van der Waals surface area (Å²) in [7, 11) is 0. The highest BCUT2D eigenvalue weighted by Gasteiger charge is 2.28. The molecular formula is C15H25NO5. The number of amides is 1. The molecule has 2 aliphatic rings.